The topological polar surface area (TPSA) is 94.6 Å². The third-order valence-corrected chi connectivity index (χ3v) is 8.00. The number of piperidine rings is 1. The Labute approximate surface area is 208 Å². The molecule has 5 rings (SSSR count). The number of carbonyl (C=O) groups excluding carboxylic acids is 2. The maximum absolute atomic E-state index is 14.9. The standard InChI is InChI=1S/C27H31F2N3O4/c1-16(33)31-27(8-9-27)22-4-3-18(14-30-22)19-12-20(28)24(21(29)13-19)36-15-17-5-10-32(25(34)35)23(11-17)26(2)6-7-26/h3-4,12-14,17,23H,5-11,15H2,1-2H3,(H,31,33)(H,34,35)/p-1. The van der Waals surface area contributed by atoms with E-state index in [2.05, 4.69) is 17.2 Å². The predicted octanol–water partition coefficient (Wildman–Crippen LogP) is 3.75. The number of hydrogen-bond acceptors (Lipinski definition) is 5. The van der Waals surface area contributed by atoms with E-state index in [9.17, 15) is 23.5 Å². The molecule has 1 aromatic carbocycles. The summed E-state index contributed by atoms with van der Waals surface area (Å²) in [4.78, 5) is 28.8. The molecule has 1 aromatic heterocycles. The number of rotatable bonds is 7. The smallest absolute Gasteiger partial charge is 0.217 e. The zero-order valence-corrected chi connectivity index (χ0v) is 20.5. The molecule has 2 saturated carbocycles. The summed E-state index contributed by atoms with van der Waals surface area (Å²) in [5, 5.41) is 14.5. The number of carboxylic acid groups (broad SMARTS) is 1. The number of aromatic nitrogens is 1. The number of ether oxygens (including phenoxy) is 1. The van der Waals surface area contributed by atoms with Crippen molar-refractivity contribution in [3.05, 3.63) is 47.8 Å². The maximum atomic E-state index is 14.9. The lowest BCUT2D eigenvalue weighted by Crippen LogP contribution is -2.54. The lowest BCUT2D eigenvalue weighted by Gasteiger charge is -2.44. The molecule has 0 radical (unpaired) electrons. The van der Waals surface area contributed by atoms with E-state index >= 15 is 0 Å². The van der Waals surface area contributed by atoms with Crippen molar-refractivity contribution in [1.82, 2.24) is 15.2 Å². The molecule has 2 aliphatic carbocycles. The second-order valence-electron chi connectivity index (χ2n) is 10.8. The second-order valence-corrected chi connectivity index (χ2v) is 10.8. The van der Waals surface area contributed by atoms with Crippen LogP contribution in [0, 0.1) is 23.0 Å². The molecule has 1 saturated heterocycles. The summed E-state index contributed by atoms with van der Waals surface area (Å²) < 4.78 is 35.4. The number of nitrogens with zero attached hydrogens (tertiary/aromatic N) is 2. The van der Waals surface area contributed by atoms with Gasteiger partial charge in [0.25, 0.3) is 0 Å². The van der Waals surface area contributed by atoms with Crippen LogP contribution in [0.3, 0.4) is 0 Å². The van der Waals surface area contributed by atoms with E-state index in [0.29, 0.717) is 30.5 Å². The fraction of sp³-hybridized carbons (Fsp3) is 0.519. The molecule has 2 atom stereocenters. The first-order valence-corrected chi connectivity index (χ1v) is 12.5. The molecule has 0 bridgehead atoms. The normalized spacial score (nSPS) is 23.6. The fourth-order valence-corrected chi connectivity index (χ4v) is 5.42. The third-order valence-electron chi connectivity index (χ3n) is 8.00. The molecule has 2 amide bonds. The van der Waals surface area contributed by atoms with Crippen LogP contribution in [0.25, 0.3) is 11.1 Å². The summed E-state index contributed by atoms with van der Waals surface area (Å²) >= 11 is 0. The van der Waals surface area contributed by atoms with Crippen LogP contribution in [-0.4, -0.2) is 41.1 Å². The number of pyridine rings is 1. The highest BCUT2D eigenvalue weighted by atomic mass is 19.1. The van der Waals surface area contributed by atoms with Crippen LogP contribution in [0.2, 0.25) is 0 Å². The molecule has 2 aromatic rings. The lowest BCUT2D eigenvalue weighted by molar-refractivity contribution is -0.271. The minimum Gasteiger partial charge on any atom is -0.530 e. The van der Waals surface area contributed by atoms with E-state index < -0.39 is 29.0 Å². The summed E-state index contributed by atoms with van der Waals surface area (Å²) in [6, 6.07) is 5.81. The van der Waals surface area contributed by atoms with E-state index in [-0.39, 0.29) is 29.9 Å². The van der Waals surface area contributed by atoms with Gasteiger partial charge in [0.15, 0.2) is 17.4 Å². The van der Waals surface area contributed by atoms with Gasteiger partial charge in [-0.2, -0.15) is 0 Å². The quantitative estimate of drug-likeness (QED) is 0.628. The zero-order valence-electron chi connectivity index (χ0n) is 20.5. The molecule has 3 aliphatic rings. The van der Waals surface area contributed by atoms with E-state index in [0.717, 1.165) is 31.4 Å². The zero-order chi connectivity index (χ0) is 25.7. The Morgan fingerprint density at radius 3 is 2.39 bits per heavy atom. The van der Waals surface area contributed by atoms with Crippen molar-refractivity contribution in [2.75, 3.05) is 13.2 Å². The maximum Gasteiger partial charge on any atom is 0.217 e. The highest BCUT2D eigenvalue weighted by Gasteiger charge is 2.49. The van der Waals surface area contributed by atoms with Crippen molar-refractivity contribution in [2.24, 2.45) is 11.3 Å². The Balaban J connectivity index is 1.25. The van der Waals surface area contributed by atoms with Crippen LogP contribution >= 0.6 is 0 Å². The Morgan fingerprint density at radius 2 is 1.86 bits per heavy atom. The van der Waals surface area contributed by atoms with Gasteiger partial charge in [-0.1, -0.05) is 13.0 Å². The van der Waals surface area contributed by atoms with Gasteiger partial charge in [-0.15, -0.1) is 0 Å². The van der Waals surface area contributed by atoms with E-state index in [1.165, 1.54) is 24.0 Å². The van der Waals surface area contributed by atoms with Gasteiger partial charge in [0, 0.05) is 31.3 Å². The van der Waals surface area contributed by atoms with Gasteiger partial charge in [0.1, 0.15) is 6.09 Å². The van der Waals surface area contributed by atoms with Crippen molar-refractivity contribution >= 4 is 12.0 Å². The van der Waals surface area contributed by atoms with Crippen LogP contribution in [0.4, 0.5) is 13.6 Å². The predicted molar refractivity (Wildman–Crippen MR) is 126 cm³/mol. The number of benzene rings is 1. The van der Waals surface area contributed by atoms with E-state index in [1.807, 2.05) is 0 Å². The average Bonchev–Trinajstić information content (AvgIpc) is 3.76. The van der Waals surface area contributed by atoms with E-state index in [4.69, 9.17) is 4.74 Å². The number of nitrogens with one attached hydrogen (secondary N) is 1. The molecular weight excluding hydrogens is 468 g/mol. The van der Waals surface area contributed by atoms with Gasteiger partial charge in [-0.05, 0) is 73.6 Å². The van der Waals surface area contributed by atoms with Gasteiger partial charge < -0.3 is 24.9 Å². The minimum absolute atomic E-state index is 0.00315. The van der Waals surface area contributed by atoms with Gasteiger partial charge in [0.05, 0.1) is 17.8 Å². The van der Waals surface area contributed by atoms with Gasteiger partial charge in [0.2, 0.25) is 5.91 Å². The highest BCUT2D eigenvalue weighted by molar-refractivity contribution is 5.74. The van der Waals surface area contributed by atoms with Crippen LogP contribution in [0.1, 0.15) is 58.1 Å². The molecule has 2 unspecified atom stereocenters. The summed E-state index contributed by atoms with van der Waals surface area (Å²) in [5.74, 6) is -2.16. The Kier molecular flexibility index (Phi) is 6.12. The van der Waals surface area contributed by atoms with Crippen LogP contribution in [0.15, 0.2) is 30.5 Å². The molecule has 0 spiro atoms. The van der Waals surface area contributed by atoms with Crippen molar-refractivity contribution < 1.29 is 28.2 Å². The average molecular weight is 499 g/mol. The third kappa shape index (κ3) is 4.75. The van der Waals surface area contributed by atoms with E-state index in [1.54, 1.807) is 18.3 Å². The molecule has 1 N–H and O–H groups in total. The van der Waals surface area contributed by atoms with Gasteiger partial charge in [-0.3, -0.25) is 9.78 Å². The van der Waals surface area contributed by atoms with Crippen molar-refractivity contribution in [1.29, 1.82) is 0 Å². The van der Waals surface area contributed by atoms with Crippen LogP contribution < -0.4 is 15.2 Å². The molecular formula is C27H30F2N3O4-. The molecule has 9 heteroatoms. The summed E-state index contributed by atoms with van der Waals surface area (Å²) in [6.45, 7) is 3.99. The second kappa shape index (κ2) is 9.01. The van der Waals surface area contributed by atoms with Gasteiger partial charge >= 0.3 is 0 Å². The molecule has 36 heavy (non-hydrogen) atoms. The number of hydrogen-bond donors (Lipinski definition) is 1. The first-order chi connectivity index (χ1) is 17.1. The number of amides is 2. The molecule has 7 nitrogen and oxygen atoms in total. The summed E-state index contributed by atoms with van der Waals surface area (Å²) in [5.41, 5.74) is 1.13. The molecule has 192 valence electrons. The molecule has 3 fully saturated rings. The largest absolute Gasteiger partial charge is 0.530 e. The summed E-state index contributed by atoms with van der Waals surface area (Å²) in [7, 11) is 0. The SMILES string of the molecule is CC(=O)NC1(c2ccc(-c3cc(F)c(OCC4CCN(C(=O)[O-])C(C5(C)CC5)C4)c(F)c3)cn2)CC1. The Morgan fingerprint density at radius 1 is 1.17 bits per heavy atom. The Hall–Kier alpha value is -3.23. The number of halogens is 2. The lowest BCUT2D eigenvalue weighted by atomic mass is 9.83. The van der Waals surface area contributed by atoms with Crippen molar-refractivity contribution in [2.45, 2.75) is 64.0 Å². The highest BCUT2D eigenvalue weighted by Crippen LogP contribution is 2.53. The van der Waals surface area contributed by atoms with Crippen molar-refractivity contribution in [3.63, 3.8) is 0 Å². The van der Waals surface area contributed by atoms with Crippen LogP contribution in [0.5, 0.6) is 5.75 Å². The number of likely N-dealkylation sites (tertiary alicyclic amines) is 1. The van der Waals surface area contributed by atoms with Crippen molar-refractivity contribution in [3.8, 4) is 16.9 Å². The first kappa shape index (κ1) is 24.5. The Bertz CT molecular complexity index is 1160. The van der Waals surface area contributed by atoms with Crippen LogP contribution in [-0.2, 0) is 10.3 Å². The first-order valence-electron chi connectivity index (χ1n) is 12.5. The monoisotopic (exact) mass is 498 g/mol. The van der Waals surface area contributed by atoms with Gasteiger partial charge in [-0.25, -0.2) is 8.78 Å². The molecule has 1 aliphatic heterocycles. The summed E-state index contributed by atoms with van der Waals surface area (Å²) in [6.07, 6.45) is 5.07. The number of carbonyl (C=O) groups is 2. The molecule has 2 heterocycles. The minimum atomic E-state index is -1.16. The fourth-order valence-electron chi connectivity index (χ4n) is 5.42.